The molecule has 6 heteroatoms. The van der Waals surface area contributed by atoms with Crippen molar-refractivity contribution in [1.82, 2.24) is 18.7 Å². The number of nitrogens with zero attached hydrogens (tertiary/aromatic N) is 4. The van der Waals surface area contributed by atoms with Crippen LogP contribution in [0.3, 0.4) is 0 Å². The highest BCUT2D eigenvalue weighted by molar-refractivity contribution is 5.69. The lowest BCUT2D eigenvalue weighted by Gasteiger charge is -2.02. The molecule has 0 unspecified atom stereocenters. The molecule has 14 heavy (non-hydrogen) atoms. The summed E-state index contributed by atoms with van der Waals surface area (Å²) in [6, 6.07) is 0. The van der Waals surface area contributed by atoms with Crippen LogP contribution < -0.4 is 11.2 Å². The molecule has 0 fully saturated rings. The molecule has 0 spiro atoms. The average molecular weight is 199 g/mol. The molecule has 2 aromatic heterocycles. The Hall–Kier alpha value is -1.85. The quantitative estimate of drug-likeness (QED) is 0.545. The lowest BCUT2D eigenvalue weighted by molar-refractivity contribution is 0.705. The zero-order valence-electron chi connectivity index (χ0n) is 12.3. The van der Waals surface area contributed by atoms with Crippen molar-refractivity contribution in [2.45, 2.75) is 0 Å². The van der Waals surface area contributed by atoms with E-state index in [-0.39, 0.29) is 15.7 Å². The van der Waals surface area contributed by atoms with Crippen LogP contribution in [0.2, 0.25) is 0 Å². The predicted octanol–water partition coefficient (Wildman–Crippen LogP) is -1.03. The molecular formula is C8H10N4O2. The maximum atomic E-state index is 12.0. The number of hydrogen-bond acceptors (Lipinski definition) is 3. The Bertz CT molecular complexity index is 753. The van der Waals surface area contributed by atoms with Gasteiger partial charge in [-0.25, -0.2) is 9.78 Å². The summed E-state index contributed by atoms with van der Waals surface area (Å²) in [5, 5.41) is 0. The highest BCUT2D eigenvalue weighted by atomic mass is 16.2. The molecule has 74 valence electrons. The van der Waals surface area contributed by atoms with Gasteiger partial charge in [-0.2, -0.15) is 0 Å². The van der Waals surface area contributed by atoms with E-state index in [0.29, 0.717) is 4.57 Å². The zero-order valence-corrected chi connectivity index (χ0v) is 7.26. The molecule has 6 nitrogen and oxygen atoms in total. The van der Waals surface area contributed by atoms with E-state index in [4.69, 9.17) is 6.85 Å². The average Bonchev–Trinajstić information content (AvgIpc) is 2.57. The first kappa shape index (κ1) is 4.59. The van der Waals surface area contributed by atoms with E-state index in [9.17, 15) is 9.59 Å². The number of aryl methyl sites for hydroxylation is 2. The number of rotatable bonds is 0. The predicted molar refractivity (Wildman–Crippen MR) is 51.2 cm³/mol. The Morgan fingerprint density at radius 3 is 2.86 bits per heavy atom. The van der Waals surface area contributed by atoms with E-state index in [1.807, 2.05) is 0 Å². The lowest BCUT2D eigenvalue weighted by atomic mass is 10.5. The molecular weight excluding hydrogens is 184 g/mol. The first-order valence-electron chi connectivity index (χ1n) is 6.35. The van der Waals surface area contributed by atoms with Crippen LogP contribution in [0.5, 0.6) is 0 Å². The molecule has 0 saturated heterocycles. The fourth-order valence-corrected chi connectivity index (χ4v) is 1.23. The molecule has 2 aromatic rings. The summed E-state index contributed by atoms with van der Waals surface area (Å²) in [6.45, 7) is -4.79. The minimum absolute atomic E-state index is 0.139. The van der Waals surface area contributed by atoms with Crippen LogP contribution in [-0.4, -0.2) is 18.7 Å². The molecule has 0 aromatic carbocycles. The number of imidazole rings is 1. The van der Waals surface area contributed by atoms with Gasteiger partial charge >= 0.3 is 5.69 Å². The summed E-state index contributed by atoms with van der Waals surface area (Å²) in [6.07, 6.45) is 1.20. The second-order valence-corrected chi connectivity index (χ2v) is 2.82. The fraction of sp³-hybridized carbons (Fsp3) is 0.375. The summed E-state index contributed by atoms with van der Waals surface area (Å²) in [5.74, 6) is 0. The molecule has 0 bridgehead atoms. The molecule has 0 atom stereocenters. The van der Waals surface area contributed by atoms with E-state index in [1.54, 1.807) is 0 Å². The zero-order chi connectivity index (χ0) is 14.5. The number of hydrogen-bond donors (Lipinski definition) is 0. The summed E-state index contributed by atoms with van der Waals surface area (Å²) in [7, 11) is 1.46. The minimum atomic E-state index is -2.85. The van der Waals surface area contributed by atoms with Crippen LogP contribution in [0.1, 0.15) is 6.85 Å². The van der Waals surface area contributed by atoms with Crippen molar-refractivity contribution in [2.24, 2.45) is 21.0 Å². The van der Waals surface area contributed by atoms with Crippen LogP contribution in [0.25, 0.3) is 11.2 Å². The van der Waals surface area contributed by atoms with E-state index in [0.717, 1.165) is 0 Å². The summed E-state index contributed by atoms with van der Waals surface area (Å²) in [5.41, 5.74) is -2.57. The van der Waals surface area contributed by atoms with Gasteiger partial charge in [-0.15, -0.1) is 0 Å². The third-order valence-corrected chi connectivity index (χ3v) is 1.95. The first-order chi connectivity index (χ1) is 8.66. The van der Waals surface area contributed by atoms with Crippen molar-refractivity contribution in [3.63, 3.8) is 0 Å². The highest BCUT2D eigenvalue weighted by Gasteiger charge is 2.11. The van der Waals surface area contributed by atoms with Crippen LogP contribution in [0.4, 0.5) is 0 Å². The smallest absolute Gasteiger partial charge is 0.328 e. The van der Waals surface area contributed by atoms with E-state index >= 15 is 0 Å². The van der Waals surface area contributed by atoms with Crippen molar-refractivity contribution in [2.75, 3.05) is 0 Å². The fourth-order valence-electron chi connectivity index (χ4n) is 1.23. The van der Waals surface area contributed by atoms with Gasteiger partial charge in [0, 0.05) is 27.9 Å². The standard InChI is InChI=1S/C8H10N4O2/c1-10-4-9-6-5(10)7(13)12(3)8(14)11(6)2/h4H,1-3H3/i2D3,3D2. The summed E-state index contributed by atoms with van der Waals surface area (Å²) < 4.78 is 38.2. The Morgan fingerprint density at radius 1 is 1.43 bits per heavy atom. The number of fused-ring (bicyclic) bond motifs is 1. The molecule has 0 aliphatic carbocycles. The Labute approximate surface area is 86.1 Å². The van der Waals surface area contributed by atoms with Crippen molar-refractivity contribution < 1.29 is 6.85 Å². The van der Waals surface area contributed by atoms with Crippen LogP contribution in [-0.2, 0) is 21.0 Å². The van der Waals surface area contributed by atoms with Gasteiger partial charge in [-0.3, -0.25) is 13.9 Å². The summed E-state index contributed by atoms with van der Waals surface area (Å²) >= 11 is 0. The second kappa shape index (κ2) is 2.57. The number of aromatic nitrogens is 4. The Balaban J connectivity index is 3.13. The minimum Gasteiger partial charge on any atom is -0.328 e. The maximum absolute atomic E-state index is 12.0. The van der Waals surface area contributed by atoms with Gasteiger partial charge in [0.1, 0.15) is 0 Å². The lowest BCUT2D eigenvalue weighted by Crippen LogP contribution is -2.37. The molecule has 0 N–H and O–H groups in total. The molecule has 0 aliphatic heterocycles. The van der Waals surface area contributed by atoms with Gasteiger partial charge in [0.05, 0.1) is 6.33 Å². The van der Waals surface area contributed by atoms with Gasteiger partial charge in [-0.1, -0.05) is 0 Å². The largest absolute Gasteiger partial charge is 0.332 e. The monoisotopic (exact) mass is 199 g/mol. The first-order valence-corrected chi connectivity index (χ1v) is 3.70. The normalized spacial score (nSPS) is 17.4. The molecule has 2 heterocycles. The van der Waals surface area contributed by atoms with Gasteiger partial charge in [0.25, 0.3) is 5.56 Å². The van der Waals surface area contributed by atoms with Gasteiger partial charge in [-0.05, 0) is 0 Å². The highest BCUT2D eigenvalue weighted by Crippen LogP contribution is 2.01. The molecule has 2 rings (SSSR count). The van der Waals surface area contributed by atoms with Crippen molar-refractivity contribution in [3.8, 4) is 0 Å². The molecule has 0 amide bonds. The van der Waals surface area contributed by atoms with Crippen molar-refractivity contribution in [3.05, 3.63) is 27.2 Å². The molecule has 0 radical (unpaired) electrons. The van der Waals surface area contributed by atoms with Crippen LogP contribution >= 0.6 is 0 Å². The SMILES string of the molecule is [2H]C([2H])n1c(=O)c2c(ncn2C)n(C([2H])([2H])[2H])c1=O. The maximum Gasteiger partial charge on any atom is 0.332 e. The third-order valence-electron chi connectivity index (χ3n) is 1.95. The third kappa shape index (κ3) is 0.876. The molecule has 0 aliphatic rings. The Morgan fingerprint density at radius 2 is 2.21 bits per heavy atom. The van der Waals surface area contributed by atoms with Crippen LogP contribution in [0, 0.1) is 0 Å². The van der Waals surface area contributed by atoms with Gasteiger partial charge in [0.15, 0.2) is 11.2 Å². The molecule has 0 saturated carbocycles. The van der Waals surface area contributed by atoms with E-state index in [2.05, 4.69) is 4.98 Å². The topological polar surface area (TPSA) is 61.8 Å². The van der Waals surface area contributed by atoms with E-state index < -0.39 is 25.2 Å². The van der Waals surface area contributed by atoms with Gasteiger partial charge < -0.3 is 4.57 Å². The Kier molecular flexibility index (Phi) is 0.841. The van der Waals surface area contributed by atoms with Gasteiger partial charge in [0.2, 0.25) is 0 Å². The second-order valence-electron chi connectivity index (χ2n) is 2.82. The van der Waals surface area contributed by atoms with Crippen LogP contribution in [0.15, 0.2) is 15.9 Å². The summed E-state index contributed by atoms with van der Waals surface area (Å²) in [4.78, 5) is 27.7. The van der Waals surface area contributed by atoms with Crippen molar-refractivity contribution in [1.29, 1.82) is 0 Å². The van der Waals surface area contributed by atoms with E-state index in [1.165, 1.54) is 17.9 Å². The van der Waals surface area contributed by atoms with Crippen molar-refractivity contribution >= 4 is 11.2 Å².